The van der Waals surface area contributed by atoms with Gasteiger partial charge < -0.3 is 14.4 Å². The summed E-state index contributed by atoms with van der Waals surface area (Å²) in [6.07, 6.45) is 0.416. The maximum absolute atomic E-state index is 12.9. The van der Waals surface area contributed by atoms with Crippen molar-refractivity contribution < 1.29 is 14.3 Å². The number of hydrogen-bond acceptors (Lipinski definition) is 6. The minimum absolute atomic E-state index is 0.0877. The van der Waals surface area contributed by atoms with Crippen LogP contribution in [0.3, 0.4) is 0 Å². The predicted octanol–water partition coefficient (Wildman–Crippen LogP) is 2.45. The number of carbonyl (C=O) groups excluding carboxylic acids is 1. The second kappa shape index (κ2) is 9.95. The molecule has 1 atom stereocenters. The Morgan fingerprint density at radius 3 is 2.79 bits per heavy atom. The van der Waals surface area contributed by atoms with E-state index in [0.717, 1.165) is 34.7 Å². The van der Waals surface area contributed by atoms with Crippen LogP contribution in [0.1, 0.15) is 34.3 Å². The van der Waals surface area contributed by atoms with Crippen LogP contribution in [0.5, 0.6) is 5.75 Å². The molecule has 1 amide bonds. The minimum Gasteiger partial charge on any atom is -0.497 e. The number of morpholine rings is 1. The molecule has 2 aromatic heterocycles. The van der Waals surface area contributed by atoms with E-state index in [1.54, 1.807) is 25.0 Å². The smallest absolute Gasteiger partial charge is 0.267 e. The summed E-state index contributed by atoms with van der Waals surface area (Å²) < 4.78 is 12.5. The van der Waals surface area contributed by atoms with Crippen molar-refractivity contribution >= 4 is 5.91 Å². The second-order valence-corrected chi connectivity index (χ2v) is 8.24. The average Bonchev–Trinajstić information content (AvgIpc) is 2.81. The average molecular weight is 449 g/mol. The van der Waals surface area contributed by atoms with Gasteiger partial charge in [-0.25, -0.2) is 4.68 Å². The van der Waals surface area contributed by atoms with Gasteiger partial charge in [0.25, 0.3) is 5.56 Å². The number of benzene rings is 1. The SMILES string of the molecule is COc1cccc(Cc2cc(C)nc(C3CN(C(=O)Cn4nc(C)ccc4=O)CCO3)c2)c1. The third-order valence-corrected chi connectivity index (χ3v) is 5.61. The molecule has 1 unspecified atom stereocenters. The summed E-state index contributed by atoms with van der Waals surface area (Å²) in [6.45, 7) is 4.92. The number of pyridine rings is 1. The molecule has 3 aromatic rings. The molecular formula is C25H28N4O4. The van der Waals surface area contributed by atoms with Crippen LogP contribution >= 0.6 is 0 Å². The Hall–Kier alpha value is -3.52. The molecule has 0 aliphatic carbocycles. The van der Waals surface area contributed by atoms with Crippen molar-refractivity contribution in [2.75, 3.05) is 26.8 Å². The number of aryl methyl sites for hydroxylation is 2. The van der Waals surface area contributed by atoms with Gasteiger partial charge in [-0.1, -0.05) is 12.1 Å². The van der Waals surface area contributed by atoms with Gasteiger partial charge in [-0.15, -0.1) is 0 Å². The van der Waals surface area contributed by atoms with Crippen LogP contribution in [-0.4, -0.2) is 52.4 Å². The highest BCUT2D eigenvalue weighted by Gasteiger charge is 2.27. The van der Waals surface area contributed by atoms with Gasteiger partial charge in [-0.3, -0.25) is 14.6 Å². The zero-order valence-corrected chi connectivity index (χ0v) is 19.2. The van der Waals surface area contributed by atoms with E-state index < -0.39 is 0 Å². The van der Waals surface area contributed by atoms with Gasteiger partial charge in [-0.2, -0.15) is 5.10 Å². The molecule has 33 heavy (non-hydrogen) atoms. The molecule has 1 aliphatic rings. The fraction of sp³-hybridized carbons (Fsp3) is 0.360. The van der Waals surface area contributed by atoms with Crippen LogP contribution in [0.4, 0.5) is 0 Å². The number of ether oxygens (including phenoxy) is 2. The van der Waals surface area contributed by atoms with Crippen molar-refractivity contribution in [1.29, 1.82) is 0 Å². The van der Waals surface area contributed by atoms with E-state index in [-0.39, 0.29) is 24.1 Å². The largest absolute Gasteiger partial charge is 0.497 e. The van der Waals surface area contributed by atoms with Crippen molar-refractivity contribution in [2.24, 2.45) is 0 Å². The number of rotatable bonds is 6. The van der Waals surface area contributed by atoms with Gasteiger partial charge in [0, 0.05) is 18.3 Å². The number of methoxy groups -OCH3 is 1. The topological polar surface area (TPSA) is 86.5 Å². The molecule has 172 valence electrons. The normalized spacial score (nSPS) is 16.0. The molecule has 8 heteroatoms. The highest BCUT2D eigenvalue weighted by Crippen LogP contribution is 2.24. The summed E-state index contributed by atoms with van der Waals surface area (Å²) in [7, 11) is 1.66. The molecule has 1 saturated heterocycles. The minimum atomic E-state index is -0.325. The number of aromatic nitrogens is 3. The van der Waals surface area contributed by atoms with Crippen LogP contribution in [0, 0.1) is 13.8 Å². The highest BCUT2D eigenvalue weighted by molar-refractivity contribution is 5.76. The monoisotopic (exact) mass is 448 g/mol. The van der Waals surface area contributed by atoms with Gasteiger partial charge in [0.1, 0.15) is 18.4 Å². The Labute approximate surface area is 192 Å². The molecule has 1 aliphatic heterocycles. The summed E-state index contributed by atoms with van der Waals surface area (Å²) in [5.74, 6) is 0.665. The maximum Gasteiger partial charge on any atom is 0.267 e. The molecule has 3 heterocycles. The Morgan fingerprint density at radius 1 is 1.12 bits per heavy atom. The second-order valence-electron chi connectivity index (χ2n) is 8.24. The first-order valence-electron chi connectivity index (χ1n) is 11.0. The summed E-state index contributed by atoms with van der Waals surface area (Å²) in [5.41, 5.74) is 4.36. The van der Waals surface area contributed by atoms with Crippen LogP contribution in [0.15, 0.2) is 53.3 Å². The third kappa shape index (κ3) is 5.64. The lowest BCUT2D eigenvalue weighted by Crippen LogP contribution is -2.45. The fourth-order valence-corrected chi connectivity index (χ4v) is 4.00. The molecule has 0 bridgehead atoms. The Balaban J connectivity index is 1.48. The van der Waals surface area contributed by atoms with Crippen molar-refractivity contribution in [3.63, 3.8) is 0 Å². The number of nitrogens with zero attached hydrogens (tertiary/aromatic N) is 4. The summed E-state index contributed by atoms with van der Waals surface area (Å²) >= 11 is 0. The fourth-order valence-electron chi connectivity index (χ4n) is 4.00. The lowest BCUT2D eigenvalue weighted by molar-refractivity contribution is -0.140. The van der Waals surface area contributed by atoms with Gasteiger partial charge in [-0.05, 0) is 61.7 Å². The molecule has 0 N–H and O–H groups in total. The van der Waals surface area contributed by atoms with Crippen LogP contribution < -0.4 is 10.3 Å². The third-order valence-electron chi connectivity index (χ3n) is 5.61. The predicted molar refractivity (Wildman–Crippen MR) is 123 cm³/mol. The number of carbonyl (C=O) groups is 1. The van der Waals surface area contributed by atoms with Crippen molar-refractivity contribution in [3.05, 3.63) is 87.1 Å². The van der Waals surface area contributed by atoms with E-state index >= 15 is 0 Å². The zero-order valence-electron chi connectivity index (χ0n) is 19.2. The Morgan fingerprint density at radius 2 is 1.97 bits per heavy atom. The Kier molecular flexibility index (Phi) is 6.84. The van der Waals surface area contributed by atoms with E-state index in [1.165, 1.54) is 10.7 Å². The maximum atomic E-state index is 12.9. The molecule has 4 rings (SSSR count). The summed E-state index contributed by atoms with van der Waals surface area (Å²) in [6, 6.07) is 15.2. The molecule has 1 fully saturated rings. The quantitative estimate of drug-likeness (QED) is 0.576. The molecular weight excluding hydrogens is 420 g/mol. The number of amides is 1. The molecule has 8 nitrogen and oxygen atoms in total. The lowest BCUT2D eigenvalue weighted by atomic mass is 10.0. The van der Waals surface area contributed by atoms with Crippen LogP contribution in [0.2, 0.25) is 0 Å². The van der Waals surface area contributed by atoms with Crippen LogP contribution in [-0.2, 0) is 22.5 Å². The van der Waals surface area contributed by atoms with Crippen LogP contribution in [0.25, 0.3) is 0 Å². The van der Waals surface area contributed by atoms with E-state index in [9.17, 15) is 9.59 Å². The van der Waals surface area contributed by atoms with Gasteiger partial charge >= 0.3 is 0 Å². The van der Waals surface area contributed by atoms with Crippen molar-refractivity contribution in [1.82, 2.24) is 19.7 Å². The van der Waals surface area contributed by atoms with E-state index in [0.29, 0.717) is 25.4 Å². The molecule has 1 aromatic carbocycles. The first-order chi connectivity index (χ1) is 15.9. The van der Waals surface area contributed by atoms with E-state index in [2.05, 4.69) is 22.2 Å². The number of hydrogen-bond donors (Lipinski definition) is 0. The van der Waals surface area contributed by atoms with Gasteiger partial charge in [0.15, 0.2) is 0 Å². The first-order valence-corrected chi connectivity index (χ1v) is 11.0. The van der Waals surface area contributed by atoms with Crippen molar-refractivity contribution in [3.8, 4) is 5.75 Å². The first kappa shape index (κ1) is 22.7. The van der Waals surface area contributed by atoms with Gasteiger partial charge in [0.2, 0.25) is 5.91 Å². The summed E-state index contributed by atoms with van der Waals surface area (Å²) in [5, 5.41) is 4.16. The van der Waals surface area contributed by atoms with E-state index in [1.807, 2.05) is 31.2 Å². The summed E-state index contributed by atoms with van der Waals surface area (Å²) in [4.78, 5) is 31.3. The Bertz CT molecular complexity index is 1210. The zero-order chi connectivity index (χ0) is 23.4. The van der Waals surface area contributed by atoms with E-state index in [4.69, 9.17) is 9.47 Å². The highest BCUT2D eigenvalue weighted by atomic mass is 16.5. The standard InChI is InChI=1S/C25H28N4O4/c1-17-7-8-24(30)29(27-17)16-25(31)28-9-10-33-23(15-28)22-14-20(11-18(2)26-22)12-19-5-4-6-21(13-19)32-3/h4-8,11,13-14,23H,9-10,12,15-16H2,1-3H3. The van der Waals surface area contributed by atoms with Gasteiger partial charge in [0.05, 0.1) is 31.6 Å². The molecule has 0 saturated carbocycles. The molecule has 0 radical (unpaired) electrons. The van der Waals surface area contributed by atoms with Crippen molar-refractivity contribution in [2.45, 2.75) is 32.9 Å². The lowest BCUT2D eigenvalue weighted by Gasteiger charge is -2.33. The molecule has 0 spiro atoms.